The van der Waals surface area contributed by atoms with Crippen LogP contribution < -0.4 is 0 Å². The molecule has 1 heterocycles. The first-order chi connectivity index (χ1) is 9.29. The molecule has 0 aliphatic rings. The number of fused-ring (bicyclic) bond motifs is 1. The van der Waals surface area contributed by atoms with Crippen LogP contribution in [0.25, 0.3) is 10.9 Å². The summed E-state index contributed by atoms with van der Waals surface area (Å²) in [5, 5.41) is 0.417. The van der Waals surface area contributed by atoms with Crippen LogP contribution in [0.15, 0.2) is 24.3 Å². The number of halogens is 3. The summed E-state index contributed by atoms with van der Waals surface area (Å²) in [5.74, 6) is -3.56. The molecule has 0 radical (unpaired) electrons. The molecule has 20 heavy (non-hydrogen) atoms. The van der Waals surface area contributed by atoms with E-state index in [-0.39, 0.29) is 5.56 Å². The van der Waals surface area contributed by atoms with E-state index in [1.54, 1.807) is 42.8 Å². The molecule has 0 aliphatic heterocycles. The minimum atomic E-state index is -4.69. The molecule has 0 fully saturated rings. The third kappa shape index (κ3) is 2.15. The van der Waals surface area contributed by atoms with Gasteiger partial charge in [0.2, 0.25) is 0 Å². The maximum absolute atomic E-state index is 13.3. The zero-order valence-corrected chi connectivity index (χ0v) is 11.3. The molecule has 2 aromatic rings. The zero-order chi connectivity index (χ0) is 15.1. The summed E-state index contributed by atoms with van der Waals surface area (Å²) in [5.41, 5.74) is 1.01. The highest BCUT2D eigenvalue weighted by Crippen LogP contribution is 2.41. The molecule has 1 aromatic carbocycles. The third-order valence-corrected chi connectivity index (χ3v) is 3.50. The zero-order valence-electron chi connectivity index (χ0n) is 11.3. The fourth-order valence-corrected chi connectivity index (χ4v) is 2.45. The van der Waals surface area contributed by atoms with Gasteiger partial charge in [-0.05, 0) is 13.0 Å². The molecule has 6 heteroatoms. The second-order valence-corrected chi connectivity index (χ2v) is 4.57. The molecule has 1 atom stereocenters. The highest BCUT2D eigenvalue weighted by atomic mass is 19.4. The second kappa shape index (κ2) is 4.85. The first-order valence-electron chi connectivity index (χ1n) is 5.97. The summed E-state index contributed by atoms with van der Waals surface area (Å²) in [6.45, 7) is 1.57. The summed E-state index contributed by atoms with van der Waals surface area (Å²) in [7, 11) is 2.63. The Labute approximate surface area is 113 Å². The lowest BCUT2D eigenvalue weighted by atomic mass is 9.95. The van der Waals surface area contributed by atoms with Gasteiger partial charge < -0.3 is 9.30 Å². The van der Waals surface area contributed by atoms with Crippen molar-refractivity contribution in [2.45, 2.75) is 19.0 Å². The molecule has 0 spiro atoms. The fraction of sp³-hybridized carbons (Fsp3) is 0.357. The van der Waals surface area contributed by atoms with Gasteiger partial charge in [-0.2, -0.15) is 13.2 Å². The molecule has 0 N–H and O–H groups in total. The van der Waals surface area contributed by atoms with Gasteiger partial charge in [-0.15, -0.1) is 0 Å². The Bertz CT molecular complexity index is 658. The Balaban J connectivity index is 2.78. The van der Waals surface area contributed by atoms with Gasteiger partial charge in [0, 0.05) is 29.2 Å². The van der Waals surface area contributed by atoms with E-state index in [0.717, 1.165) is 7.11 Å². The van der Waals surface area contributed by atoms with Crippen LogP contribution in [0.3, 0.4) is 0 Å². The number of ether oxygens (including phenoxy) is 1. The first-order valence-corrected chi connectivity index (χ1v) is 5.97. The Kier molecular flexibility index (Phi) is 3.50. The number of nitrogens with zero attached hydrogens (tertiary/aromatic N) is 1. The minimum Gasteiger partial charge on any atom is -0.468 e. The number of rotatable bonds is 2. The largest absolute Gasteiger partial charge is 0.468 e. The van der Waals surface area contributed by atoms with E-state index >= 15 is 0 Å². The molecule has 0 aliphatic carbocycles. The van der Waals surface area contributed by atoms with Crippen LogP contribution in [0.5, 0.6) is 0 Å². The summed E-state index contributed by atoms with van der Waals surface area (Å²) in [6, 6.07) is 6.69. The second-order valence-electron chi connectivity index (χ2n) is 4.57. The van der Waals surface area contributed by atoms with Gasteiger partial charge >= 0.3 is 12.1 Å². The molecule has 108 valence electrons. The summed E-state index contributed by atoms with van der Waals surface area (Å²) >= 11 is 0. The van der Waals surface area contributed by atoms with Crippen molar-refractivity contribution in [1.82, 2.24) is 4.57 Å². The number of hydrogen-bond acceptors (Lipinski definition) is 2. The smallest absolute Gasteiger partial charge is 0.406 e. The van der Waals surface area contributed by atoms with Crippen molar-refractivity contribution in [2.24, 2.45) is 7.05 Å². The SMILES string of the molecule is COC(=O)C(c1c(C)n(C)c2ccccc12)C(F)(F)F. The predicted molar refractivity (Wildman–Crippen MR) is 68.5 cm³/mol. The van der Waals surface area contributed by atoms with Gasteiger partial charge in [0.15, 0.2) is 5.92 Å². The fourth-order valence-electron chi connectivity index (χ4n) is 2.45. The van der Waals surface area contributed by atoms with Crippen LogP contribution in [0, 0.1) is 6.92 Å². The van der Waals surface area contributed by atoms with Crippen molar-refractivity contribution in [3.05, 3.63) is 35.5 Å². The number of methoxy groups -OCH3 is 1. The molecule has 1 aromatic heterocycles. The molecule has 2 rings (SSSR count). The van der Waals surface area contributed by atoms with E-state index in [1.807, 2.05) is 0 Å². The number of benzene rings is 1. The highest BCUT2D eigenvalue weighted by Gasteiger charge is 2.49. The van der Waals surface area contributed by atoms with Gasteiger partial charge in [0.05, 0.1) is 7.11 Å². The number of hydrogen-bond donors (Lipinski definition) is 0. The highest BCUT2D eigenvalue weighted by molar-refractivity contribution is 5.92. The normalized spacial score (nSPS) is 13.5. The van der Waals surface area contributed by atoms with Crippen molar-refractivity contribution in [1.29, 1.82) is 0 Å². The van der Waals surface area contributed by atoms with Gasteiger partial charge in [0.1, 0.15) is 0 Å². The predicted octanol–water partition coefficient (Wildman–Crippen LogP) is 3.31. The van der Waals surface area contributed by atoms with Crippen molar-refractivity contribution in [2.75, 3.05) is 7.11 Å². The van der Waals surface area contributed by atoms with Crippen LogP contribution in [0.1, 0.15) is 17.2 Å². The number of para-hydroxylation sites is 1. The number of carbonyl (C=O) groups is 1. The number of carbonyl (C=O) groups excluding carboxylic acids is 1. The summed E-state index contributed by atoms with van der Waals surface area (Å²) < 4.78 is 45.7. The van der Waals surface area contributed by atoms with Crippen molar-refractivity contribution in [3.63, 3.8) is 0 Å². The first kappa shape index (κ1) is 14.4. The lowest BCUT2D eigenvalue weighted by Crippen LogP contribution is -2.30. The summed E-state index contributed by atoms with van der Waals surface area (Å²) in [6.07, 6.45) is -4.69. The maximum Gasteiger partial charge on any atom is 0.406 e. The van der Waals surface area contributed by atoms with Gasteiger partial charge in [-0.1, -0.05) is 18.2 Å². The lowest BCUT2D eigenvalue weighted by Gasteiger charge is -2.18. The van der Waals surface area contributed by atoms with Gasteiger partial charge in [-0.25, -0.2) is 0 Å². The molecule has 0 bridgehead atoms. The van der Waals surface area contributed by atoms with E-state index in [1.165, 1.54) is 0 Å². The van der Waals surface area contributed by atoms with Crippen LogP contribution >= 0.6 is 0 Å². The lowest BCUT2D eigenvalue weighted by molar-refractivity contribution is -0.179. The molecular weight excluding hydrogens is 271 g/mol. The average molecular weight is 285 g/mol. The molecule has 1 unspecified atom stereocenters. The van der Waals surface area contributed by atoms with Crippen molar-refractivity contribution < 1.29 is 22.7 Å². The van der Waals surface area contributed by atoms with Crippen molar-refractivity contribution >= 4 is 16.9 Å². The van der Waals surface area contributed by atoms with Gasteiger partial charge in [0.25, 0.3) is 0 Å². The Morgan fingerprint density at radius 1 is 1.30 bits per heavy atom. The molecule has 0 saturated carbocycles. The van der Waals surface area contributed by atoms with Crippen LogP contribution in [0.2, 0.25) is 0 Å². The number of aromatic nitrogens is 1. The number of esters is 1. The van der Waals surface area contributed by atoms with Crippen LogP contribution in [-0.4, -0.2) is 23.8 Å². The molecule has 0 saturated heterocycles. The minimum absolute atomic E-state index is 0.0394. The van der Waals surface area contributed by atoms with E-state index < -0.39 is 18.1 Å². The van der Waals surface area contributed by atoms with E-state index in [2.05, 4.69) is 4.74 Å². The monoisotopic (exact) mass is 285 g/mol. The Morgan fingerprint density at radius 2 is 1.90 bits per heavy atom. The molecule has 3 nitrogen and oxygen atoms in total. The average Bonchev–Trinajstić information content (AvgIpc) is 2.63. The van der Waals surface area contributed by atoms with Crippen molar-refractivity contribution in [3.8, 4) is 0 Å². The quantitative estimate of drug-likeness (QED) is 0.793. The van der Waals surface area contributed by atoms with E-state index in [4.69, 9.17) is 0 Å². The number of alkyl halides is 3. The van der Waals surface area contributed by atoms with E-state index in [0.29, 0.717) is 16.6 Å². The van der Waals surface area contributed by atoms with Gasteiger partial charge in [-0.3, -0.25) is 4.79 Å². The third-order valence-electron chi connectivity index (χ3n) is 3.50. The van der Waals surface area contributed by atoms with Crippen LogP contribution in [0.4, 0.5) is 13.2 Å². The van der Waals surface area contributed by atoms with Crippen LogP contribution in [-0.2, 0) is 16.6 Å². The Morgan fingerprint density at radius 3 is 2.45 bits per heavy atom. The standard InChI is InChI=1S/C14H14F3NO2/c1-8-11(12(13(19)20-3)14(15,16)17)9-6-4-5-7-10(9)18(8)2/h4-7,12H,1-3H3. The Hall–Kier alpha value is -1.98. The van der Waals surface area contributed by atoms with E-state index in [9.17, 15) is 18.0 Å². The molecular formula is C14H14F3NO2. The topological polar surface area (TPSA) is 31.2 Å². The maximum atomic E-state index is 13.3. The summed E-state index contributed by atoms with van der Waals surface area (Å²) in [4.78, 5) is 11.6. The number of aryl methyl sites for hydroxylation is 1. The molecule has 0 amide bonds.